The van der Waals surface area contributed by atoms with Crippen molar-refractivity contribution in [1.29, 1.82) is 0 Å². The highest BCUT2D eigenvalue weighted by molar-refractivity contribution is 5.74. The second-order valence-electron chi connectivity index (χ2n) is 5.88. The molecule has 6 nitrogen and oxygen atoms in total. The predicted octanol–water partition coefficient (Wildman–Crippen LogP) is 1.28. The highest BCUT2D eigenvalue weighted by Crippen LogP contribution is 2.25. The summed E-state index contributed by atoms with van der Waals surface area (Å²) in [5.41, 5.74) is 0. The molecule has 0 saturated heterocycles. The van der Waals surface area contributed by atoms with Crippen molar-refractivity contribution in [2.45, 2.75) is 71.4 Å². The van der Waals surface area contributed by atoms with Gasteiger partial charge in [0.15, 0.2) is 12.8 Å². The zero-order valence-corrected chi connectivity index (χ0v) is 14.5. The fraction of sp³-hybridized carbons (Fsp3) is 0.765. The fourth-order valence-electron chi connectivity index (χ4n) is 3.17. The highest BCUT2D eigenvalue weighted by atomic mass is 16.4. The molecule has 0 saturated carbocycles. The first-order valence-corrected chi connectivity index (χ1v) is 8.47. The van der Waals surface area contributed by atoms with Gasteiger partial charge < -0.3 is 20.1 Å². The molecular formula is C17H31NO5. The number of aliphatic carboxylic acids is 2. The summed E-state index contributed by atoms with van der Waals surface area (Å²) < 4.78 is -0.386. The Morgan fingerprint density at radius 1 is 1.09 bits per heavy atom. The Morgan fingerprint density at radius 3 is 2.04 bits per heavy atom. The Morgan fingerprint density at radius 2 is 1.65 bits per heavy atom. The first-order valence-electron chi connectivity index (χ1n) is 8.47. The van der Waals surface area contributed by atoms with Gasteiger partial charge in [-0.15, -0.1) is 0 Å². The van der Waals surface area contributed by atoms with Gasteiger partial charge in [-0.2, -0.15) is 0 Å². The molecule has 0 rings (SSSR count). The van der Waals surface area contributed by atoms with Gasteiger partial charge in [0, 0.05) is 19.3 Å². The summed E-state index contributed by atoms with van der Waals surface area (Å²) in [5.74, 6) is -2.40. The minimum Gasteiger partial charge on any atom is -0.544 e. The minimum atomic E-state index is -1.31. The van der Waals surface area contributed by atoms with Crippen molar-refractivity contribution in [1.82, 2.24) is 0 Å². The smallest absolute Gasteiger partial charge is 0.362 e. The summed E-state index contributed by atoms with van der Waals surface area (Å²) in [4.78, 5) is 23.1. The van der Waals surface area contributed by atoms with Crippen molar-refractivity contribution in [2.24, 2.45) is 0 Å². The molecule has 0 aromatic heterocycles. The van der Waals surface area contributed by atoms with E-state index in [1.165, 1.54) is 0 Å². The quantitative estimate of drug-likeness (QED) is 0.230. The van der Waals surface area contributed by atoms with E-state index in [0.717, 1.165) is 19.3 Å². The summed E-state index contributed by atoms with van der Waals surface area (Å²) in [7, 11) is 0. The number of allylic oxidation sites excluding steroid dienone is 1. The molecule has 0 aliphatic carbocycles. The van der Waals surface area contributed by atoms with Crippen molar-refractivity contribution in [3.63, 3.8) is 0 Å². The van der Waals surface area contributed by atoms with Crippen LogP contribution < -0.4 is 5.11 Å². The van der Waals surface area contributed by atoms with E-state index in [2.05, 4.69) is 6.92 Å². The molecular weight excluding hydrogens is 298 g/mol. The molecule has 3 atom stereocenters. The molecule has 0 radical (unpaired) electrons. The van der Waals surface area contributed by atoms with Crippen molar-refractivity contribution < 1.29 is 29.4 Å². The third-order valence-corrected chi connectivity index (χ3v) is 4.44. The van der Waals surface area contributed by atoms with E-state index in [-0.39, 0.29) is 23.9 Å². The van der Waals surface area contributed by atoms with Gasteiger partial charge in [-0.25, -0.2) is 4.79 Å². The normalized spacial score (nSPS) is 16.9. The molecule has 0 aliphatic heterocycles. The molecule has 0 aromatic carbocycles. The van der Waals surface area contributed by atoms with Crippen LogP contribution in [0.1, 0.15) is 59.3 Å². The second kappa shape index (κ2) is 11.2. The lowest BCUT2D eigenvalue weighted by atomic mass is 10.0. The first kappa shape index (κ1) is 21.6. The first-order chi connectivity index (χ1) is 10.9. The van der Waals surface area contributed by atoms with Gasteiger partial charge in [0.2, 0.25) is 0 Å². The van der Waals surface area contributed by atoms with Gasteiger partial charge in [0.05, 0.1) is 12.5 Å². The molecule has 0 bridgehead atoms. The maximum Gasteiger partial charge on any atom is 0.362 e. The Kier molecular flexibility index (Phi) is 10.5. The van der Waals surface area contributed by atoms with Crippen molar-refractivity contribution >= 4 is 11.9 Å². The van der Waals surface area contributed by atoms with Gasteiger partial charge in [-0.05, 0) is 6.42 Å². The Hall–Kier alpha value is -1.40. The van der Waals surface area contributed by atoms with E-state index >= 15 is 0 Å². The van der Waals surface area contributed by atoms with E-state index in [0.29, 0.717) is 6.42 Å². The molecule has 23 heavy (non-hydrogen) atoms. The Balaban J connectivity index is 5.37. The van der Waals surface area contributed by atoms with Gasteiger partial charge in [-0.1, -0.05) is 45.8 Å². The van der Waals surface area contributed by atoms with E-state index in [4.69, 9.17) is 0 Å². The van der Waals surface area contributed by atoms with E-state index in [1.807, 2.05) is 12.2 Å². The minimum absolute atomic E-state index is 0.215. The van der Waals surface area contributed by atoms with Crippen molar-refractivity contribution in [3.8, 4) is 0 Å². The number of aliphatic hydroxyl groups is 1. The number of hydrogen-bond donors (Lipinski definition) is 2. The molecule has 0 aromatic rings. The molecule has 0 spiro atoms. The summed E-state index contributed by atoms with van der Waals surface area (Å²) in [6.45, 7) is 5.21. The number of aliphatic hydroxyl groups excluding tert-OH is 1. The lowest BCUT2D eigenvalue weighted by Crippen LogP contribution is -2.68. The highest BCUT2D eigenvalue weighted by Gasteiger charge is 2.46. The van der Waals surface area contributed by atoms with Crippen LogP contribution in [0.4, 0.5) is 0 Å². The Bertz CT molecular complexity index is 372. The zero-order valence-electron chi connectivity index (χ0n) is 14.5. The van der Waals surface area contributed by atoms with Crippen LogP contribution in [-0.4, -0.2) is 52.0 Å². The lowest BCUT2D eigenvalue weighted by molar-refractivity contribution is -0.975. The van der Waals surface area contributed by atoms with Gasteiger partial charge in [0.25, 0.3) is 0 Å². The second-order valence-corrected chi connectivity index (χ2v) is 5.88. The van der Waals surface area contributed by atoms with Crippen LogP contribution in [0, 0.1) is 0 Å². The number of carbonyl (C=O) groups excluding carboxylic acids is 1. The van der Waals surface area contributed by atoms with Crippen LogP contribution in [-0.2, 0) is 9.59 Å². The molecule has 2 N–H and O–H groups in total. The molecule has 3 unspecified atom stereocenters. The standard InChI is InChI=1S/C17H31NO5/c1-4-7-8-9-10-11-12-18(13-19,14(5-2)16(20)21)15(6-3)17(22)23/h9-10,14-15,19H,4-8,11-13H2,1-3H3,(H-,20,21,22,23)/b10-9+. The molecule has 134 valence electrons. The van der Waals surface area contributed by atoms with Gasteiger partial charge in [-0.3, -0.25) is 4.48 Å². The average Bonchev–Trinajstić information content (AvgIpc) is 2.50. The monoisotopic (exact) mass is 329 g/mol. The fourth-order valence-corrected chi connectivity index (χ4v) is 3.17. The van der Waals surface area contributed by atoms with Crippen LogP contribution in [0.15, 0.2) is 12.2 Å². The maximum absolute atomic E-state index is 11.6. The molecule has 0 aliphatic rings. The Labute approximate surface area is 139 Å². The molecule has 0 fully saturated rings. The van der Waals surface area contributed by atoms with Crippen molar-refractivity contribution in [2.75, 3.05) is 13.3 Å². The van der Waals surface area contributed by atoms with Crippen LogP contribution in [0.5, 0.6) is 0 Å². The van der Waals surface area contributed by atoms with Gasteiger partial charge >= 0.3 is 5.97 Å². The maximum atomic E-state index is 11.6. The lowest BCUT2D eigenvalue weighted by Gasteiger charge is -2.46. The van der Waals surface area contributed by atoms with Crippen LogP contribution >= 0.6 is 0 Å². The van der Waals surface area contributed by atoms with Crippen LogP contribution in [0.2, 0.25) is 0 Å². The van der Waals surface area contributed by atoms with Crippen LogP contribution in [0.25, 0.3) is 0 Å². The van der Waals surface area contributed by atoms with E-state index in [1.54, 1.807) is 13.8 Å². The number of unbranched alkanes of at least 4 members (excludes halogenated alkanes) is 2. The molecule has 0 amide bonds. The van der Waals surface area contributed by atoms with Gasteiger partial charge in [0.1, 0.15) is 6.04 Å². The number of hydrogen-bond acceptors (Lipinski definition) is 4. The number of carbonyl (C=O) groups is 2. The van der Waals surface area contributed by atoms with E-state index < -0.39 is 30.8 Å². The summed E-state index contributed by atoms with van der Waals surface area (Å²) in [6.07, 6.45) is 8.08. The largest absolute Gasteiger partial charge is 0.544 e. The van der Waals surface area contributed by atoms with Crippen LogP contribution in [0.3, 0.4) is 0 Å². The number of carboxylic acids is 2. The number of rotatable bonds is 13. The third-order valence-electron chi connectivity index (χ3n) is 4.44. The number of quaternary nitrogens is 1. The predicted molar refractivity (Wildman–Crippen MR) is 86.3 cm³/mol. The SMILES string of the molecule is CCCC/C=C/CC[N+](CO)(C(CC)C(=O)[O-])C(CC)C(=O)O. The average molecular weight is 329 g/mol. The topological polar surface area (TPSA) is 97.7 Å². The number of carboxylic acid groups (broad SMARTS) is 2. The third kappa shape index (κ3) is 5.95. The van der Waals surface area contributed by atoms with E-state index in [9.17, 15) is 24.9 Å². The summed E-state index contributed by atoms with van der Waals surface area (Å²) in [5, 5.41) is 30.9. The summed E-state index contributed by atoms with van der Waals surface area (Å²) in [6, 6.07) is -2.00. The molecule has 0 heterocycles. The zero-order chi connectivity index (χ0) is 17.9. The van der Waals surface area contributed by atoms with Crippen molar-refractivity contribution in [3.05, 3.63) is 12.2 Å². The molecule has 6 heteroatoms. The number of nitrogens with zero attached hydrogens (tertiary/aromatic N) is 1. The summed E-state index contributed by atoms with van der Waals surface area (Å²) >= 11 is 0.